The van der Waals surface area contributed by atoms with E-state index in [9.17, 15) is 13.2 Å². The fraction of sp³-hybridized carbons (Fsp3) is 0.435. The summed E-state index contributed by atoms with van der Waals surface area (Å²) in [5.41, 5.74) is 1.81. The number of anilines is 1. The zero-order valence-electron chi connectivity index (χ0n) is 18.5. The minimum Gasteiger partial charge on any atom is -0.492 e. The maximum absolute atomic E-state index is 12.1. The molecule has 170 valence electrons. The summed E-state index contributed by atoms with van der Waals surface area (Å²) in [7, 11) is -3.47. The highest BCUT2D eigenvalue weighted by Crippen LogP contribution is 2.24. The van der Waals surface area contributed by atoms with E-state index in [1.54, 1.807) is 24.3 Å². The summed E-state index contributed by atoms with van der Waals surface area (Å²) in [5, 5.41) is 3.25. The summed E-state index contributed by atoms with van der Waals surface area (Å²) in [6.45, 7) is 7.40. The molecule has 0 aromatic heterocycles. The monoisotopic (exact) mass is 466 g/mol. The van der Waals surface area contributed by atoms with E-state index in [-0.39, 0.29) is 24.3 Å². The zero-order valence-corrected chi connectivity index (χ0v) is 20.1. The Kier molecular flexibility index (Phi) is 8.77. The maximum atomic E-state index is 12.1. The van der Waals surface area contributed by atoms with Gasteiger partial charge in [0.05, 0.1) is 18.5 Å². The molecule has 6 nitrogen and oxygen atoms in total. The molecular formula is C23H31ClN2O4S. The number of nitrogens with zero attached hydrogens (tertiary/aromatic N) is 1. The molecule has 2 rings (SSSR count). The number of hydrogen-bond acceptors (Lipinski definition) is 4. The van der Waals surface area contributed by atoms with Gasteiger partial charge < -0.3 is 10.1 Å². The lowest BCUT2D eigenvalue weighted by Crippen LogP contribution is -2.32. The van der Waals surface area contributed by atoms with E-state index in [4.69, 9.17) is 16.3 Å². The third kappa shape index (κ3) is 8.42. The van der Waals surface area contributed by atoms with Crippen LogP contribution in [0.5, 0.6) is 5.75 Å². The maximum Gasteiger partial charge on any atom is 0.232 e. The molecule has 0 aliphatic heterocycles. The Hall–Kier alpha value is -2.25. The Morgan fingerprint density at radius 3 is 2.39 bits per heavy atom. The minimum absolute atomic E-state index is 0.0893. The summed E-state index contributed by atoms with van der Waals surface area (Å²) in [6, 6.07) is 14.6. The quantitative estimate of drug-likeness (QED) is 0.527. The van der Waals surface area contributed by atoms with Crippen molar-refractivity contribution in [1.29, 1.82) is 0 Å². The lowest BCUT2D eigenvalue weighted by atomic mass is 9.87. The van der Waals surface area contributed by atoms with Crippen molar-refractivity contribution >= 4 is 33.2 Å². The van der Waals surface area contributed by atoms with Crippen LogP contribution in [0.15, 0.2) is 48.5 Å². The summed E-state index contributed by atoms with van der Waals surface area (Å²) in [6.07, 6.45) is 1.74. The summed E-state index contributed by atoms with van der Waals surface area (Å²) < 4.78 is 31.1. The van der Waals surface area contributed by atoms with Gasteiger partial charge in [-0.1, -0.05) is 50.6 Å². The number of hydrogen-bond donors (Lipinski definition) is 1. The highest BCUT2D eigenvalue weighted by atomic mass is 35.5. The van der Waals surface area contributed by atoms with Crippen molar-refractivity contribution in [3.8, 4) is 5.75 Å². The average molecular weight is 467 g/mol. The molecule has 0 aliphatic carbocycles. The number of carbonyl (C=O) groups is 1. The van der Waals surface area contributed by atoms with Crippen molar-refractivity contribution < 1.29 is 17.9 Å². The summed E-state index contributed by atoms with van der Waals surface area (Å²) >= 11 is 5.97. The van der Waals surface area contributed by atoms with Crippen molar-refractivity contribution in [2.75, 3.05) is 30.3 Å². The standard InChI is InChI=1S/C23H31ClN2O4S/c1-23(2,3)18-10-12-21(13-11-18)30-16-14-25-22(27)9-6-15-26(31(4,28)29)20-8-5-7-19(24)17-20/h5,7-8,10-13,17H,6,9,14-16H2,1-4H3,(H,25,27). The van der Waals surface area contributed by atoms with Crippen molar-refractivity contribution in [2.24, 2.45) is 0 Å². The van der Waals surface area contributed by atoms with Gasteiger partial charge in [0.2, 0.25) is 15.9 Å². The van der Waals surface area contributed by atoms with Crippen LogP contribution in [0.4, 0.5) is 5.69 Å². The van der Waals surface area contributed by atoms with Crippen LogP contribution >= 0.6 is 11.6 Å². The van der Waals surface area contributed by atoms with Gasteiger partial charge in [-0.3, -0.25) is 9.10 Å². The molecule has 0 fully saturated rings. The fourth-order valence-corrected chi connectivity index (χ4v) is 4.14. The first kappa shape index (κ1) is 25.0. The number of benzene rings is 2. The van der Waals surface area contributed by atoms with Gasteiger partial charge in [-0.05, 0) is 47.7 Å². The van der Waals surface area contributed by atoms with Crippen LogP contribution in [-0.4, -0.2) is 40.3 Å². The van der Waals surface area contributed by atoms with E-state index in [2.05, 4.69) is 26.1 Å². The van der Waals surface area contributed by atoms with Gasteiger partial charge in [-0.25, -0.2) is 8.42 Å². The first-order valence-electron chi connectivity index (χ1n) is 10.2. The highest BCUT2D eigenvalue weighted by Gasteiger charge is 2.18. The van der Waals surface area contributed by atoms with E-state index >= 15 is 0 Å². The van der Waals surface area contributed by atoms with Gasteiger partial charge in [0, 0.05) is 18.0 Å². The summed E-state index contributed by atoms with van der Waals surface area (Å²) in [5.74, 6) is 0.610. The molecule has 0 radical (unpaired) electrons. The van der Waals surface area contributed by atoms with Gasteiger partial charge in [0.25, 0.3) is 0 Å². The van der Waals surface area contributed by atoms with E-state index in [0.29, 0.717) is 30.3 Å². The minimum atomic E-state index is -3.47. The third-order valence-electron chi connectivity index (χ3n) is 4.67. The predicted molar refractivity (Wildman–Crippen MR) is 127 cm³/mol. The molecule has 0 atom stereocenters. The summed E-state index contributed by atoms with van der Waals surface area (Å²) in [4.78, 5) is 12.1. The SMILES string of the molecule is CC(C)(C)c1ccc(OCCNC(=O)CCCN(c2cccc(Cl)c2)S(C)(=O)=O)cc1. The van der Waals surface area contributed by atoms with Crippen LogP contribution in [0.25, 0.3) is 0 Å². The van der Waals surface area contributed by atoms with Gasteiger partial charge in [-0.15, -0.1) is 0 Å². The predicted octanol–water partition coefficient (Wildman–Crippen LogP) is 4.38. The fourth-order valence-electron chi connectivity index (χ4n) is 3.00. The van der Waals surface area contributed by atoms with Gasteiger partial charge in [0.1, 0.15) is 12.4 Å². The molecule has 2 aromatic carbocycles. The van der Waals surface area contributed by atoms with Crippen molar-refractivity contribution in [3.05, 3.63) is 59.1 Å². The first-order chi connectivity index (χ1) is 14.5. The van der Waals surface area contributed by atoms with E-state index in [1.165, 1.54) is 9.87 Å². The van der Waals surface area contributed by atoms with Crippen LogP contribution in [-0.2, 0) is 20.2 Å². The molecule has 0 saturated carbocycles. The number of sulfonamides is 1. The lowest BCUT2D eigenvalue weighted by Gasteiger charge is -2.22. The van der Waals surface area contributed by atoms with Crippen molar-refractivity contribution in [1.82, 2.24) is 5.32 Å². The molecule has 0 unspecified atom stereocenters. The van der Waals surface area contributed by atoms with Gasteiger partial charge in [0.15, 0.2) is 0 Å². The average Bonchev–Trinajstić information content (AvgIpc) is 2.67. The second-order valence-corrected chi connectivity index (χ2v) is 10.7. The van der Waals surface area contributed by atoms with Crippen LogP contribution < -0.4 is 14.4 Å². The normalized spacial score (nSPS) is 11.8. The molecule has 8 heteroatoms. The van der Waals surface area contributed by atoms with Crippen LogP contribution in [0.1, 0.15) is 39.2 Å². The Morgan fingerprint density at radius 1 is 1.13 bits per heavy atom. The molecule has 2 aromatic rings. The molecule has 0 bridgehead atoms. The number of nitrogens with one attached hydrogen (secondary N) is 1. The topological polar surface area (TPSA) is 75.7 Å². The van der Waals surface area contributed by atoms with E-state index in [1.807, 2.05) is 24.3 Å². The number of ether oxygens (including phenoxy) is 1. The zero-order chi connectivity index (χ0) is 23.1. The molecule has 0 heterocycles. The number of amides is 1. The van der Waals surface area contributed by atoms with E-state index < -0.39 is 10.0 Å². The Morgan fingerprint density at radius 2 is 1.81 bits per heavy atom. The largest absolute Gasteiger partial charge is 0.492 e. The molecule has 1 amide bonds. The Labute approximate surface area is 190 Å². The van der Waals surface area contributed by atoms with E-state index in [0.717, 1.165) is 12.0 Å². The Bertz CT molecular complexity index is 970. The second-order valence-electron chi connectivity index (χ2n) is 8.39. The number of carbonyl (C=O) groups excluding carboxylic acids is 1. The van der Waals surface area contributed by atoms with Crippen molar-refractivity contribution in [2.45, 2.75) is 39.0 Å². The number of rotatable bonds is 10. The Balaban J connectivity index is 1.74. The first-order valence-corrected chi connectivity index (χ1v) is 12.4. The lowest BCUT2D eigenvalue weighted by molar-refractivity contribution is -0.121. The second kappa shape index (κ2) is 10.9. The molecule has 1 N–H and O–H groups in total. The molecule has 0 spiro atoms. The van der Waals surface area contributed by atoms with Crippen LogP contribution in [0.2, 0.25) is 5.02 Å². The molecule has 0 aliphatic rings. The molecule has 31 heavy (non-hydrogen) atoms. The van der Waals surface area contributed by atoms with Gasteiger partial charge in [-0.2, -0.15) is 0 Å². The third-order valence-corrected chi connectivity index (χ3v) is 6.10. The van der Waals surface area contributed by atoms with Crippen LogP contribution in [0.3, 0.4) is 0 Å². The number of halogens is 1. The van der Waals surface area contributed by atoms with Gasteiger partial charge >= 0.3 is 0 Å². The molecule has 0 saturated heterocycles. The molecular weight excluding hydrogens is 436 g/mol. The van der Waals surface area contributed by atoms with Crippen LogP contribution in [0, 0.1) is 0 Å². The van der Waals surface area contributed by atoms with Crippen molar-refractivity contribution in [3.63, 3.8) is 0 Å². The highest BCUT2D eigenvalue weighted by molar-refractivity contribution is 7.92. The smallest absolute Gasteiger partial charge is 0.232 e.